The number of rotatable bonds is 4. The number of hydrogen-bond acceptors (Lipinski definition) is 3. The third-order valence-electron chi connectivity index (χ3n) is 5.37. The molecule has 1 saturated heterocycles. The van der Waals surface area contributed by atoms with Crippen molar-refractivity contribution in [3.8, 4) is 0 Å². The molecule has 23 heavy (non-hydrogen) atoms. The third-order valence-corrected chi connectivity index (χ3v) is 5.37. The lowest BCUT2D eigenvalue weighted by molar-refractivity contribution is -0.119. The molecule has 1 atom stereocenters. The molecule has 4 heteroatoms. The number of hydrogen-bond donors (Lipinski definition) is 2. The molecule has 1 aromatic rings. The predicted molar refractivity (Wildman–Crippen MR) is 92.3 cm³/mol. The third kappa shape index (κ3) is 4.05. The number of benzene rings is 1. The molecule has 1 aliphatic heterocycles. The van der Waals surface area contributed by atoms with Crippen LogP contribution in [-0.2, 0) is 16.1 Å². The highest BCUT2D eigenvalue weighted by molar-refractivity contribution is 5.72. The van der Waals surface area contributed by atoms with E-state index in [1.807, 2.05) is 0 Å². The second-order valence-electron chi connectivity index (χ2n) is 7.07. The molecule has 2 aliphatic rings. The Kier molecular flexibility index (Phi) is 5.21. The number of anilines is 1. The Morgan fingerprint density at radius 2 is 1.96 bits per heavy atom. The fourth-order valence-corrected chi connectivity index (χ4v) is 4.00. The fraction of sp³-hybridized carbons (Fsp3) is 0.632. The van der Waals surface area contributed by atoms with Gasteiger partial charge < -0.3 is 15.4 Å². The van der Waals surface area contributed by atoms with E-state index in [4.69, 9.17) is 4.74 Å². The predicted octanol–water partition coefficient (Wildman–Crippen LogP) is 3.47. The molecule has 0 bridgehead atoms. The molecule has 2 N–H and O–H groups in total. The van der Waals surface area contributed by atoms with Gasteiger partial charge in [-0.1, -0.05) is 31.4 Å². The first-order valence-electron chi connectivity index (χ1n) is 8.86. The van der Waals surface area contributed by atoms with Gasteiger partial charge in [-0.2, -0.15) is 0 Å². The van der Waals surface area contributed by atoms with Gasteiger partial charge in [-0.3, -0.25) is 4.79 Å². The first-order chi connectivity index (χ1) is 11.2. The Labute approximate surface area is 139 Å². The first kappa shape index (κ1) is 16.3. The van der Waals surface area contributed by atoms with Crippen molar-refractivity contribution in [2.24, 2.45) is 5.41 Å². The summed E-state index contributed by atoms with van der Waals surface area (Å²) in [5.41, 5.74) is 2.63. The molecule has 1 spiro atoms. The van der Waals surface area contributed by atoms with Crippen LogP contribution in [0, 0.1) is 5.41 Å². The lowest BCUT2D eigenvalue weighted by Crippen LogP contribution is -2.49. The van der Waals surface area contributed by atoms with E-state index in [1.165, 1.54) is 37.8 Å². The van der Waals surface area contributed by atoms with Crippen molar-refractivity contribution in [2.75, 3.05) is 18.5 Å². The highest BCUT2D eigenvalue weighted by atomic mass is 16.5. The minimum atomic E-state index is 0.00801. The highest BCUT2D eigenvalue weighted by Crippen LogP contribution is 2.43. The van der Waals surface area contributed by atoms with Crippen LogP contribution in [0.3, 0.4) is 0 Å². The SMILES string of the molecule is CC(=O)NCc1ccc(NC2CCOCC23CCCCC3)cc1. The smallest absolute Gasteiger partial charge is 0.217 e. The van der Waals surface area contributed by atoms with Gasteiger partial charge in [-0.05, 0) is 37.0 Å². The van der Waals surface area contributed by atoms with Gasteiger partial charge in [-0.15, -0.1) is 0 Å². The summed E-state index contributed by atoms with van der Waals surface area (Å²) >= 11 is 0. The standard InChI is InChI=1S/C19H28N2O2/c1-15(22)20-13-16-5-7-17(8-6-16)21-18-9-12-23-14-19(18)10-3-2-4-11-19/h5-8,18,21H,2-4,9-14H2,1H3,(H,20,22). The molecule has 1 aliphatic carbocycles. The Balaban J connectivity index is 1.64. The normalized spacial score (nSPS) is 23.4. The minimum absolute atomic E-state index is 0.00801. The van der Waals surface area contributed by atoms with Crippen LogP contribution in [0.2, 0.25) is 0 Å². The Bertz CT molecular complexity index is 512. The lowest BCUT2D eigenvalue weighted by atomic mass is 9.67. The van der Waals surface area contributed by atoms with Crippen molar-refractivity contribution >= 4 is 11.6 Å². The molecule has 1 aromatic carbocycles. The first-order valence-corrected chi connectivity index (χ1v) is 8.86. The molecule has 0 radical (unpaired) electrons. The van der Waals surface area contributed by atoms with Gasteiger partial charge in [0.15, 0.2) is 0 Å². The van der Waals surface area contributed by atoms with Crippen LogP contribution in [0.15, 0.2) is 24.3 Å². The quantitative estimate of drug-likeness (QED) is 0.894. The molecular weight excluding hydrogens is 288 g/mol. The van der Waals surface area contributed by atoms with Crippen molar-refractivity contribution in [1.82, 2.24) is 5.32 Å². The van der Waals surface area contributed by atoms with Crippen molar-refractivity contribution < 1.29 is 9.53 Å². The van der Waals surface area contributed by atoms with Crippen LogP contribution >= 0.6 is 0 Å². The van der Waals surface area contributed by atoms with Crippen LogP contribution < -0.4 is 10.6 Å². The summed E-state index contributed by atoms with van der Waals surface area (Å²) < 4.78 is 5.82. The largest absolute Gasteiger partial charge is 0.382 e. The molecule has 2 fully saturated rings. The molecular formula is C19H28N2O2. The fourth-order valence-electron chi connectivity index (χ4n) is 4.00. The molecule has 126 valence electrons. The maximum atomic E-state index is 11.0. The molecule has 4 nitrogen and oxygen atoms in total. The van der Waals surface area contributed by atoms with Crippen LogP contribution in [0.1, 0.15) is 51.0 Å². The second-order valence-corrected chi connectivity index (χ2v) is 7.07. The monoisotopic (exact) mass is 316 g/mol. The summed E-state index contributed by atoms with van der Waals surface area (Å²) in [5.74, 6) is 0.00801. The van der Waals surface area contributed by atoms with Crippen LogP contribution in [0.5, 0.6) is 0 Å². The summed E-state index contributed by atoms with van der Waals surface area (Å²) in [5, 5.41) is 6.60. The van der Waals surface area contributed by atoms with Gasteiger partial charge in [-0.25, -0.2) is 0 Å². The van der Waals surface area contributed by atoms with Crippen molar-refractivity contribution in [1.29, 1.82) is 0 Å². The lowest BCUT2D eigenvalue weighted by Gasteiger charge is -2.47. The van der Waals surface area contributed by atoms with E-state index in [9.17, 15) is 4.79 Å². The van der Waals surface area contributed by atoms with E-state index >= 15 is 0 Å². The average Bonchev–Trinajstić information content (AvgIpc) is 2.57. The van der Waals surface area contributed by atoms with E-state index in [0.29, 0.717) is 18.0 Å². The number of ether oxygens (including phenoxy) is 1. The molecule has 1 heterocycles. The highest BCUT2D eigenvalue weighted by Gasteiger charge is 2.42. The van der Waals surface area contributed by atoms with Crippen molar-refractivity contribution in [2.45, 2.75) is 58.0 Å². The van der Waals surface area contributed by atoms with Crippen LogP contribution in [-0.4, -0.2) is 25.2 Å². The van der Waals surface area contributed by atoms with Gasteiger partial charge in [0.05, 0.1) is 6.61 Å². The number of carbonyl (C=O) groups excluding carboxylic acids is 1. The van der Waals surface area contributed by atoms with E-state index in [0.717, 1.165) is 25.2 Å². The van der Waals surface area contributed by atoms with Crippen molar-refractivity contribution in [3.05, 3.63) is 29.8 Å². The molecule has 1 saturated carbocycles. The van der Waals surface area contributed by atoms with Gasteiger partial charge in [0, 0.05) is 37.2 Å². The Hall–Kier alpha value is -1.55. The molecule has 1 unspecified atom stereocenters. The number of amides is 1. The Morgan fingerprint density at radius 1 is 1.22 bits per heavy atom. The second kappa shape index (κ2) is 7.35. The average molecular weight is 316 g/mol. The zero-order valence-electron chi connectivity index (χ0n) is 14.1. The summed E-state index contributed by atoms with van der Waals surface area (Å²) in [6.45, 7) is 3.91. The van der Waals surface area contributed by atoms with Gasteiger partial charge >= 0.3 is 0 Å². The van der Waals surface area contributed by atoms with Crippen LogP contribution in [0.4, 0.5) is 5.69 Å². The maximum Gasteiger partial charge on any atom is 0.217 e. The summed E-state index contributed by atoms with van der Waals surface area (Å²) in [6.07, 6.45) is 7.69. The molecule has 1 amide bonds. The number of carbonyl (C=O) groups is 1. The van der Waals surface area contributed by atoms with Gasteiger partial charge in [0.25, 0.3) is 0 Å². The van der Waals surface area contributed by atoms with Crippen LogP contribution in [0.25, 0.3) is 0 Å². The van der Waals surface area contributed by atoms with Gasteiger partial charge in [0.1, 0.15) is 0 Å². The summed E-state index contributed by atoms with van der Waals surface area (Å²) in [7, 11) is 0. The van der Waals surface area contributed by atoms with Gasteiger partial charge in [0.2, 0.25) is 5.91 Å². The van der Waals surface area contributed by atoms with E-state index < -0.39 is 0 Å². The number of nitrogens with one attached hydrogen (secondary N) is 2. The topological polar surface area (TPSA) is 50.4 Å². The zero-order valence-corrected chi connectivity index (χ0v) is 14.1. The minimum Gasteiger partial charge on any atom is -0.382 e. The summed E-state index contributed by atoms with van der Waals surface area (Å²) in [6, 6.07) is 8.94. The van der Waals surface area contributed by atoms with Crippen molar-refractivity contribution in [3.63, 3.8) is 0 Å². The van der Waals surface area contributed by atoms with E-state index in [2.05, 4.69) is 34.9 Å². The Morgan fingerprint density at radius 3 is 2.65 bits per heavy atom. The zero-order chi connectivity index (χ0) is 16.1. The van der Waals surface area contributed by atoms with E-state index in [1.54, 1.807) is 6.92 Å². The maximum absolute atomic E-state index is 11.0. The molecule has 3 rings (SSSR count). The van der Waals surface area contributed by atoms with E-state index in [-0.39, 0.29) is 5.91 Å². The molecule has 0 aromatic heterocycles. The summed E-state index contributed by atoms with van der Waals surface area (Å²) in [4.78, 5) is 11.0.